The number of halogens is 2. The van der Waals surface area contributed by atoms with Gasteiger partial charge in [-0.15, -0.1) is 0 Å². The highest BCUT2D eigenvalue weighted by atomic mass is 79.9. The van der Waals surface area contributed by atoms with Crippen LogP contribution in [0.3, 0.4) is 0 Å². The Labute approximate surface area is 228 Å². The van der Waals surface area contributed by atoms with Gasteiger partial charge in [0.05, 0.1) is 22.2 Å². The molecule has 4 rings (SSSR count). The second-order valence-corrected chi connectivity index (χ2v) is 10.9. The largest absolute Gasteiger partial charge is 0.488 e. The van der Waals surface area contributed by atoms with E-state index in [1.165, 1.54) is 11.8 Å². The van der Waals surface area contributed by atoms with Crippen molar-refractivity contribution < 1.29 is 9.53 Å². The van der Waals surface area contributed by atoms with Crippen LogP contribution in [0.1, 0.15) is 30.5 Å². The lowest BCUT2D eigenvalue weighted by Gasteiger charge is -2.17. The molecular formula is C28H23BrClN3O2S. The summed E-state index contributed by atoms with van der Waals surface area (Å²) in [4.78, 5) is 20.4. The molecule has 0 atom stereocenters. The Morgan fingerprint density at radius 3 is 2.64 bits per heavy atom. The Kier molecular flexibility index (Phi) is 8.52. The zero-order valence-electron chi connectivity index (χ0n) is 19.7. The molecule has 5 nitrogen and oxygen atoms in total. The first-order chi connectivity index (χ1) is 17.3. The molecule has 0 aliphatic carbocycles. The van der Waals surface area contributed by atoms with E-state index in [0.29, 0.717) is 33.0 Å². The van der Waals surface area contributed by atoms with Gasteiger partial charge in [-0.1, -0.05) is 59.6 Å². The Morgan fingerprint density at radius 2 is 1.92 bits per heavy atom. The number of hydrogen-bond acceptors (Lipinski definition) is 5. The zero-order chi connectivity index (χ0) is 25.7. The van der Waals surface area contributed by atoms with E-state index in [-0.39, 0.29) is 18.4 Å². The van der Waals surface area contributed by atoms with Gasteiger partial charge in [-0.25, -0.2) is 4.99 Å². The monoisotopic (exact) mass is 579 g/mol. The number of rotatable bonds is 7. The number of amidine groups is 1. The summed E-state index contributed by atoms with van der Waals surface area (Å²) >= 11 is 10.9. The van der Waals surface area contributed by atoms with E-state index in [0.717, 1.165) is 21.3 Å². The second kappa shape index (κ2) is 11.8. The number of ether oxygens (including phenoxy) is 1. The molecule has 0 bridgehead atoms. The van der Waals surface area contributed by atoms with Gasteiger partial charge < -0.3 is 4.74 Å². The van der Waals surface area contributed by atoms with Gasteiger partial charge in [-0.2, -0.15) is 5.26 Å². The van der Waals surface area contributed by atoms with Crippen LogP contribution in [0, 0.1) is 17.2 Å². The Morgan fingerprint density at radius 1 is 1.17 bits per heavy atom. The van der Waals surface area contributed by atoms with Crippen molar-refractivity contribution in [1.82, 2.24) is 4.90 Å². The normalized spacial score (nSPS) is 15.7. The fourth-order valence-electron chi connectivity index (χ4n) is 3.56. The van der Waals surface area contributed by atoms with Crippen molar-refractivity contribution in [3.05, 3.63) is 97.8 Å². The van der Waals surface area contributed by atoms with Gasteiger partial charge in [0, 0.05) is 27.2 Å². The molecule has 1 fully saturated rings. The SMILES string of the molecule is CC(C)CN1C(=O)/C(=C/c2cc(Br)ccc2OCc2ccccc2C#N)SC1=Nc1ccc(Cl)cc1. The van der Waals surface area contributed by atoms with Crippen LogP contribution in [0.2, 0.25) is 5.02 Å². The summed E-state index contributed by atoms with van der Waals surface area (Å²) in [7, 11) is 0. The van der Waals surface area contributed by atoms with E-state index in [4.69, 9.17) is 21.3 Å². The summed E-state index contributed by atoms with van der Waals surface area (Å²) in [6.45, 7) is 4.94. The molecule has 3 aromatic carbocycles. The van der Waals surface area contributed by atoms with Crippen LogP contribution >= 0.6 is 39.3 Å². The summed E-state index contributed by atoms with van der Waals surface area (Å²) in [6.07, 6.45) is 1.83. The maximum atomic E-state index is 13.4. The van der Waals surface area contributed by atoms with E-state index in [1.54, 1.807) is 23.1 Å². The predicted octanol–water partition coefficient (Wildman–Crippen LogP) is 7.81. The Balaban J connectivity index is 1.65. The van der Waals surface area contributed by atoms with Gasteiger partial charge in [0.25, 0.3) is 5.91 Å². The quantitative estimate of drug-likeness (QED) is 0.267. The molecule has 0 spiro atoms. The van der Waals surface area contributed by atoms with Crippen molar-refractivity contribution in [3.63, 3.8) is 0 Å². The van der Waals surface area contributed by atoms with Gasteiger partial charge in [0.15, 0.2) is 5.17 Å². The first-order valence-electron chi connectivity index (χ1n) is 11.3. The lowest BCUT2D eigenvalue weighted by atomic mass is 10.1. The van der Waals surface area contributed by atoms with Crippen LogP contribution in [-0.4, -0.2) is 22.5 Å². The number of carbonyl (C=O) groups excluding carboxylic acids is 1. The average Bonchev–Trinajstić information content (AvgIpc) is 3.13. The minimum Gasteiger partial charge on any atom is -0.488 e. The Hall–Kier alpha value is -3.05. The molecule has 0 N–H and O–H groups in total. The minimum absolute atomic E-state index is 0.0952. The number of hydrogen-bond donors (Lipinski definition) is 0. The van der Waals surface area contributed by atoms with Crippen LogP contribution in [0.4, 0.5) is 5.69 Å². The Bertz CT molecular complexity index is 1380. The molecule has 1 heterocycles. The minimum atomic E-state index is -0.0952. The molecular weight excluding hydrogens is 558 g/mol. The predicted molar refractivity (Wildman–Crippen MR) is 150 cm³/mol. The first-order valence-corrected chi connectivity index (χ1v) is 13.3. The van der Waals surface area contributed by atoms with Crippen LogP contribution < -0.4 is 4.74 Å². The molecule has 182 valence electrons. The molecule has 0 unspecified atom stereocenters. The average molecular weight is 581 g/mol. The van der Waals surface area contributed by atoms with E-state index in [2.05, 4.69) is 35.8 Å². The fourth-order valence-corrected chi connectivity index (χ4v) is 5.06. The van der Waals surface area contributed by atoms with Crippen molar-refractivity contribution in [3.8, 4) is 11.8 Å². The molecule has 0 radical (unpaired) electrons. The van der Waals surface area contributed by atoms with Gasteiger partial charge in [0.2, 0.25) is 0 Å². The zero-order valence-corrected chi connectivity index (χ0v) is 22.9. The van der Waals surface area contributed by atoms with Gasteiger partial charge >= 0.3 is 0 Å². The summed E-state index contributed by atoms with van der Waals surface area (Å²) in [5, 5.41) is 10.6. The lowest BCUT2D eigenvalue weighted by molar-refractivity contribution is -0.122. The third-order valence-electron chi connectivity index (χ3n) is 5.27. The fraction of sp³-hybridized carbons (Fsp3) is 0.179. The highest BCUT2D eigenvalue weighted by molar-refractivity contribution is 9.10. The van der Waals surface area contributed by atoms with Crippen molar-refractivity contribution in [2.45, 2.75) is 20.5 Å². The summed E-state index contributed by atoms with van der Waals surface area (Å²) in [5.41, 5.74) is 2.86. The molecule has 8 heteroatoms. The third kappa shape index (κ3) is 6.38. The molecule has 0 aromatic heterocycles. The molecule has 0 saturated carbocycles. The molecule has 1 aliphatic rings. The smallest absolute Gasteiger partial charge is 0.266 e. The van der Waals surface area contributed by atoms with Crippen LogP contribution in [-0.2, 0) is 11.4 Å². The molecule has 1 aliphatic heterocycles. The highest BCUT2D eigenvalue weighted by Gasteiger charge is 2.34. The van der Waals surface area contributed by atoms with E-state index in [1.807, 2.05) is 54.6 Å². The van der Waals surface area contributed by atoms with Crippen molar-refractivity contribution in [2.75, 3.05) is 6.54 Å². The maximum absolute atomic E-state index is 13.4. The van der Waals surface area contributed by atoms with Gasteiger partial charge in [-0.3, -0.25) is 9.69 Å². The van der Waals surface area contributed by atoms with Gasteiger partial charge in [-0.05, 0) is 72.3 Å². The topological polar surface area (TPSA) is 65.7 Å². The standard InChI is InChI=1S/C28H23BrClN3O2S/c1-18(2)16-33-27(34)26(36-28(33)32-24-10-8-23(30)9-11-24)14-21-13-22(29)7-12-25(21)35-17-20-6-4-3-5-19(20)15-31/h3-14,18H,16-17H2,1-2H3/b26-14-,32-28?. The third-order valence-corrected chi connectivity index (χ3v) is 7.02. The molecule has 36 heavy (non-hydrogen) atoms. The number of nitrogens with zero attached hydrogens (tertiary/aromatic N) is 3. The maximum Gasteiger partial charge on any atom is 0.266 e. The summed E-state index contributed by atoms with van der Waals surface area (Å²) < 4.78 is 6.96. The molecule has 1 amide bonds. The van der Waals surface area contributed by atoms with E-state index < -0.39 is 0 Å². The second-order valence-electron chi connectivity index (χ2n) is 8.53. The van der Waals surface area contributed by atoms with Crippen LogP contribution in [0.15, 0.2) is 81.1 Å². The van der Waals surface area contributed by atoms with E-state index >= 15 is 0 Å². The van der Waals surface area contributed by atoms with Crippen LogP contribution in [0.25, 0.3) is 6.08 Å². The summed E-state index contributed by atoms with van der Waals surface area (Å²) in [6, 6.07) is 22.4. The lowest BCUT2D eigenvalue weighted by Crippen LogP contribution is -2.32. The van der Waals surface area contributed by atoms with Gasteiger partial charge in [0.1, 0.15) is 12.4 Å². The van der Waals surface area contributed by atoms with Crippen LogP contribution in [0.5, 0.6) is 5.75 Å². The highest BCUT2D eigenvalue weighted by Crippen LogP contribution is 2.37. The molecule has 3 aromatic rings. The number of aliphatic imine (C=N–C) groups is 1. The number of thioether (sulfide) groups is 1. The number of amides is 1. The van der Waals surface area contributed by atoms with E-state index in [9.17, 15) is 10.1 Å². The number of carbonyl (C=O) groups is 1. The number of benzene rings is 3. The summed E-state index contributed by atoms with van der Waals surface area (Å²) in [5.74, 6) is 0.793. The van der Waals surface area contributed by atoms with Crippen molar-refractivity contribution in [2.24, 2.45) is 10.9 Å². The molecule has 1 saturated heterocycles. The number of nitriles is 1. The first kappa shape index (κ1) is 26.0. The van der Waals surface area contributed by atoms with Crippen molar-refractivity contribution in [1.29, 1.82) is 5.26 Å². The van der Waals surface area contributed by atoms with Crippen molar-refractivity contribution >= 4 is 62.1 Å².